The van der Waals surface area contributed by atoms with Gasteiger partial charge in [-0.05, 0) is 12.5 Å². The number of rotatable bonds is 9. The highest BCUT2D eigenvalue weighted by atomic mass is 32.2. The first kappa shape index (κ1) is 23.3. The molecule has 0 aliphatic carbocycles. The van der Waals surface area contributed by atoms with E-state index >= 15 is 0 Å². The van der Waals surface area contributed by atoms with Gasteiger partial charge in [-0.1, -0.05) is 30.3 Å². The number of ether oxygens (including phenoxy) is 4. The topological polar surface area (TPSA) is 114 Å². The molecular weight excluding hydrogens is 404 g/mol. The highest BCUT2D eigenvalue weighted by Crippen LogP contribution is 2.37. The zero-order valence-electron chi connectivity index (χ0n) is 16.8. The summed E-state index contributed by atoms with van der Waals surface area (Å²) in [5.41, 5.74) is -0.650. The molecule has 9 nitrogen and oxygen atoms in total. The van der Waals surface area contributed by atoms with E-state index in [9.17, 15) is 18.0 Å². The Kier molecular flexibility index (Phi) is 7.75. The molecule has 0 amide bonds. The second-order valence-electron chi connectivity index (χ2n) is 6.85. The van der Waals surface area contributed by atoms with Crippen LogP contribution in [0.25, 0.3) is 0 Å². The summed E-state index contributed by atoms with van der Waals surface area (Å²) in [6.45, 7) is 3.67. The summed E-state index contributed by atoms with van der Waals surface area (Å²) in [5, 5.41) is 0. The minimum absolute atomic E-state index is 0.0717. The van der Waals surface area contributed by atoms with Crippen molar-refractivity contribution in [3.8, 4) is 0 Å². The first-order valence-electron chi connectivity index (χ1n) is 9.02. The Labute approximate surface area is 170 Å². The first-order valence-corrected chi connectivity index (χ1v) is 10.8. The maximum Gasteiger partial charge on any atom is 0.303 e. The van der Waals surface area contributed by atoms with E-state index in [4.69, 9.17) is 23.1 Å². The SMILES string of the molecule is CC(=O)OC[C@@]1([C@H](C)OS(C)(=O)=O)OC[C@H](OC(C)=O)[C@@H]1OCc1ccccc1. The van der Waals surface area contributed by atoms with Crippen molar-refractivity contribution in [2.75, 3.05) is 19.5 Å². The number of carbonyl (C=O) groups is 2. The van der Waals surface area contributed by atoms with Gasteiger partial charge in [-0.25, -0.2) is 0 Å². The number of hydrogen-bond donors (Lipinski definition) is 0. The molecule has 2 rings (SSSR count). The summed E-state index contributed by atoms with van der Waals surface area (Å²) in [6.07, 6.45) is -1.96. The van der Waals surface area contributed by atoms with E-state index in [0.29, 0.717) is 0 Å². The van der Waals surface area contributed by atoms with Gasteiger partial charge in [-0.15, -0.1) is 0 Å². The van der Waals surface area contributed by atoms with Crippen LogP contribution in [-0.2, 0) is 49.4 Å². The molecule has 0 spiro atoms. The van der Waals surface area contributed by atoms with Crippen molar-refractivity contribution in [1.82, 2.24) is 0 Å². The molecule has 4 atom stereocenters. The number of carbonyl (C=O) groups excluding carboxylic acids is 2. The van der Waals surface area contributed by atoms with Crippen molar-refractivity contribution < 1.29 is 41.1 Å². The molecular formula is C19H26O9S. The van der Waals surface area contributed by atoms with Crippen molar-refractivity contribution in [3.63, 3.8) is 0 Å². The summed E-state index contributed by atoms with van der Waals surface area (Å²) in [7, 11) is -3.85. The molecule has 0 saturated carbocycles. The van der Waals surface area contributed by atoms with Gasteiger partial charge in [0, 0.05) is 13.8 Å². The molecule has 29 heavy (non-hydrogen) atoms. The molecule has 1 aromatic rings. The predicted molar refractivity (Wildman–Crippen MR) is 101 cm³/mol. The number of benzene rings is 1. The third-order valence-corrected chi connectivity index (χ3v) is 5.07. The number of esters is 2. The minimum atomic E-state index is -3.85. The molecule has 1 aliphatic rings. The van der Waals surface area contributed by atoms with Crippen LogP contribution in [-0.4, -0.2) is 63.7 Å². The van der Waals surface area contributed by atoms with Crippen molar-refractivity contribution >= 4 is 22.1 Å². The van der Waals surface area contributed by atoms with E-state index in [1.54, 1.807) is 0 Å². The second-order valence-corrected chi connectivity index (χ2v) is 8.45. The average Bonchev–Trinajstić information content (AvgIpc) is 2.95. The molecule has 162 valence electrons. The van der Waals surface area contributed by atoms with Gasteiger partial charge in [0.2, 0.25) is 0 Å². The average molecular weight is 430 g/mol. The van der Waals surface area contributed by atoms with E-state index in [-0.39, 0.29) is 19.8 Å². The Bertz CT molecular complexity index is 808. The van der Waals surface area contributed by atoms with Crippen molar-refractivity contribution in [2.24, 2.45) is 0 Å². The molecule has 1 aliphatic heterocycles. The van der Waals surface area contributed by atoms with E-state index in [1.165, 1.54) is 20.8 Å². The normalized spacial score (nSPS) is 25.4. The predicted octanol–water partition coefficient (Wildman–Crippen LogP) is 1.20. The molecule has 1 heterocycles. The maximum atomic E-state index is 11.7. The Hall–Kier alpha value is -2.01. The molecule has 0 unspecified atom stereocenters. The Morgan fingerprint density at radius 3 is 2.41 bits per heavy atom. The monoisotopic (exact) mass is 430 g/mol. The van der Waals surface area contributed by atoms with Crippen molar-refractivity contribution in [1.29, 1.82) is 0 Å². The molecule has 1 fully saturated rings. The fourth-order valence-electron chi connectivity index (χ4n) is 3.19. The highest BCUT2D eigenvalue weighted by molar-refractivity contribution is 7.86. The van der Waals surface area contributed by atoms with Crippen LogP contribution in [0.15, 0.2) is 30.3 Å². The zero-order valence-corrected chi connectivity index (χ0v) is 17.6. The molecule has 0 bridgehead atoms. The van der Waals surface area contributed by atoms with Crippen LogP contribution in [0.1, 0.15) is 26.3 Å². The fraction of sp³-hybridized carbons (Fsp3) is 0.579. The zero-order chi connectivity index (χ0) is 21.7. The fourth-order valence-corrected chi connectivity index (χ4v) is 3.87. The molecule has 0 N–H and O–H groups in total. The summed E-state index contributed by atoms with van der Waals surface area (Å²) < 4.78 is 50.9. The lowest BCUT2D eigenvalue weighted by Gasteiger charge is -2.38. The van der Waals surface area contributed by atoms with Crippen molar-refractivity contribution in [3.05, 3.63) is 35.9 Å². The minimum Gasteiger partial charge on any atom is -0.463 e. The van der Waals surface area contributed by atoms with Gasteiger partial charge in [-0.3, -0.25) is 13.8 Å². The van der Waals surface area contributed by atoms with E-state index < -0.39 is 46.0 Å². The summed E-state index contributed by atoms with van der Waals surface area (Å²) >= 11 is 0. The van der Waals surface area contributed by atoms with Gasteiger partial charge in [0.1, 0.15) is 18.8 Å². The third kappa shape index (κ3) is 6.49. The lowest BCUT2D eigenvalue weighted by Crippen LogP contribution is -2.57. The third-order valence-electron chi connectivity index (χ3n) is 4.43. The summed E-state index contributed by atoms with van der Waals surface area (Å²) in [4.78, 5) is 23.0. The van der Waals surface area contributed by atoms with Crippen LogP contribution in [0.2, 0.25) is 0 Å². The molecule has 0 radical (unpaired) electrons. The quantitative estimate of drug-likeness (QED) is 0.421. The molecule has 10 heteroatoms. The smallest absolute Gasteiger partial charge is 0.303 e. The highest BCUT2D eigenvalue weighted by Gasteiger charge is 2.58. The van der Waals surface area contributed by atoms with E-state index in [0.717, 1.165) is 11.8 Å². The summed E-state index contributed by atoms with van der Waals surface area (Å²) in [6, 6.07) is 9.24. The summed E-state index contributed by atoms with van der Waals surface area (Å²) in [5.74, 6) is -1.14. The van der Waals surface area contributed by atoms with Gasteiger partial charge >= 0.3 is 11.9 Å². The van der Waals surface area contributed by atoms with Gasteiger partial charge in [0.05, 0.1) is 19.5 Å². The van der Waals surface area contributed by atoms with Gasteiger partial charge in [0.15, 0.2) is 11.7 Å². The second kappa shape index (κ2) is 9.66. The van der Waals surface area contributed by atoms with Crippen LogP contribution >= 0.6 is 0 Å². The van der Waals surface area contributed by atoms with Crippen LogP contribution in [0.5, 0.6) is 0 Å². The van der Waals surface area contributed by atoms with Crippen LogP contribution in [0.3, 0.4) is 0 Å². The largest absolute Gasteiger partial charge is 0.463 e. The van der Waals surface area contributed by atoms with Gasteiger partial charge < -0.3 is 18.9 Å². The van der Waals surface area contributed by atoms with Gasteiger partial charge in [-0.2, -0.15) is 8.42 Å². The molecule has 1 saturated heterocycles. The lowest BCUT2D eigenvalue weighted by atomic mass is 9.90. The first-order chi connectivity index (χ1) is 13.5. The molecule has 1 aromatic carbocycles. The van der Waals surface area contributed by atoms with Crippen LogP contribution in [0, 0.1) is 0 Å². The van der Waals surface area contributed by atoms with E-state index in [1.807, 2.05) is 30.3 Å². The van der Waals surface area contributed by atoms with E-state index in [2.05, 4.69) is 0 Å². The Balaban J connectivity index is 2.36. The van der Waals surface area contributed by atoms with Crippen molar-refractivity contribution in [2.45, 2.75) is 51.3 Å². The number of hydrogen-bond acceptors (Lipinski definition) is 9. The standard InChI is InChI=1S/C19H26O9S/c1-13(28-29(4,22)23)19(12-25-14(2)20)18(17(11-26-19)27-15(3)21)24-10-16-8-6-5-7-9-16/h5-9,13,17-18H,10-12H2,1-4H3/t13-,17-,18-,19-/m0/s1. The van der Waals surface area contributed by atoms with Crippen LogP contribution in [0.4, 0.5) is 0 Å². The Morgan fingerprint density at radius 2 is 1.86 bits per heavy atom. The van der Waals surface area contributed by atoms with Crippen LogP contribution < -0.4 is 0 Å². The maximum absolute atomic E-state index is 11.7. The lowest BCUT2D eigenvalue weighted by molar-refractivity contribution is -0.185. The molecule has 0 aromatic heterocycles. The Morgan fingerprint density at radius 1 is 1.21 bits per heavy atom. The van der Waals surface area contributed by atoms with Gasteiger partial charge in [0.25, 0.3) is 10.1 Å².